The van der Waals surface area contributed by atoms with Gasteiger partial charge in [-0.05, 0) is 29.5 Å². The zero-order valence-corrected chi connectivity index (χ0v) is 9.37. The first kappa shape index (κ1) is 10.9. The highest BCUT2D eigenvalue weighted by Gasteiger charge is 2.05. The first-order chi connectivity index (χ1) is 7.68. The van der Waals surface area contributed by atoms with Crippen molar-refractivity contribution in [3.63, 3.8) is 0 Å². The number of hydrogen-bond acceptors (Lipinski definition) is 2. The van der Waals surface area contributed by atoms with E-state index >= 15 is 0 Å². The average Bonchev–Trinajstić information content (AvgIpc) is 2.28. The summed E-state index contributed by atoms with van der Waals surface area (Å²) in [4.78, 5) is 14.8. The van der Waals surface area contributed by atoms with Gasteiger partial charge in [-0.1, -0.05) is 17.7 Å². The van der Waals surface area contributed by atoms with Crippen molar-refractivity contribution in [1.29, 1.82) is 0 Å². The Hall–Kier alpha value is -1.61. The molecule has 0 aliphatic heterocycles. The molecule has 0 saturated heterocycles. The molecule has 1 amide bonds. The van der Waals surface area contributed by atoms with Crippen molar-refractivity contribution in [2.75, 3.05) is 0 Å². The summed E-state index contributed by atoms with van der Waals surface area (Å²) >= 11 is 6.06. The van der Waals surface area contributed by atoms with Gasteiger partial charge in [-0.2, -0.15) is 0 Å². The third kappa shape index (κ3) is 2.14. The van der Waals surface area contributed by atoms with Crippen molar-refractivity contribution >= 4 is 28.3 Å². The third-order valence-corrected chi connectivity index (χ3v) is 2.83. The summed E-state index contributed by atoms with van der Waals surface area (Å²) in [6, 6.07) is 5.65. The van der Waals surface area contributed by atoms with Gasteiger partial charge in [0, 0.05) is 29.2 Å². The van der Waals surface area contributed by atoms with Crippen LogP contribution in [-0.4, -0.2) is 10.9 Å². The van der Waals surface area contributed by atoms with Crippen LogP contribution in [0.4, 0.5) is 0 Å². The normalized spacial score (nSPS) is 10.6. The van der Waals surface area contributed by atoms with Crippen molar-refractivity contribution in [3.05, 3.63) is 41.2 Å². The minimum absolute atomic E-state index is 0.294. The van der Waals surface area contributed by atoms with Crippen LogP contribution in [0.1, 0.15) is 12.0 Å². The lowest BCUT2D eigenvalue weighted by Crippen LogP contribution is -2.11. The number of amides is 1. The second-order valence-corrected chi connectivity index (χ2v) is 4.00. The van der Waals surface area contributed by atoms with Crippen LogP contribution in [0.2, 0.25) is 5.02 Å². The van der Waals surface area contributed by atoms with Gasteiger partial charge in [-0.25, -0.2) is 0 Å². The molecular weight excluding hydrogens is 224 g/mol. The number of carbonyl (C=O) groups excluding carboxylic acids is 1. The molecule has 4 heteroatoms. The van der Waals surface area contributed by atoms with Crippen LogP contribution in [0.25, 0.3) is 10.8 Å². The highest BCUT2D eigenvalue weighted by atomic mass is 35.5. The fourth-order valence-corrected chi connectivity index (χ4v) is 1.91. The summed E-state index contributed by atoms with van der Waals surface area (Å²) in [5.41, 5.74) is 6.21. The number of carbonyl (C=O) groups is 1. The molecule has 2 N–H and O–H groups in total. The van der Waals surface area contributed by atoms with Gasteiger partial charge >= 0.3 is 0 Å². The van der Waals surface area contributed by atoms with Gasteiger partial charge in [0.05, 0.1) is 0 Å². The van der Waals surface area contributed by atoms with E-state index in [1.807, 2.05) is 18.2 Å². The number of aryl methyl sites for hydroxylation is 1. The Morgan fingerprint density at radius 1 is 1.31 bits per heavy atom. The highest BCUT2D eigenvalue weighted by molar-refractivity contribution is 6.35. The second kappa shape index (κ2) is 4.49. The number of benzene rings is 1. The highest BCUT2D eigenvalue weighted by Crippen LogP contribution is 2.26. The Kier molecular flexibility index (Phi) is 3.06. The summed E-state index contributed by atoms with van der Waals surface area (Å²) in [7, 11) is 0. The molecular formula is C12H11ClN2O. The second-order valence-electron chi connectivity index (χ2n) is 3.59. The number of pyridine rings is 1. The van der Waals surface area contributed by atoms with E-state index in [2.05, 4.69) is 4.98 Å². The van der Waals surface area contributed by atoms with E-state index in [9.17, 15) is 4.79 Å². The molecule has 1 aromatic carbocycles. The molecule has 0 unspecified atom stereocenters. The van der Waals surface area contributed by atoms with Gasteiger partial charge in [0.15, 0.2) is 0 Å². The molecule has 0 saturated carbocycles. The van der Waals surface area contributed by atoms with Crippen molar-refractivity contribution < 1.29 is 4.79 Å². The molecule has 3 nitrogen and oxygen atoms in total. The van der Waals surface area contributed by atoms with Crippen molar-refractivity contribution in [3.8, 4) is 0 Å². The lowest BCUT2D eigenvalue weighted by molar-refractivity contribution is -0.117. The monoisotopic (exact) mass is 234 g/mol. The van der Waals surface area contributed by atoms with Crippen LogP contribution >= 0.6 is 11.6 Å². The van der Waals surface area contributed by atoms with E-state index in [1.54, 1.807) is 12.4 Å². The molecule has 1 aromatic heterocycles. The zero-order chi connectivity index (χ0) is 11.5. The van der Waals surface area contributed by atoms with Gasteiger partial charge in [-0.15, -0.1) is 0 Å². The molecule has 1 heterocycles. The van der Waals surface area contributed by atoms with Gasteiger partial charge in [0.25, 0.3) is 0 Å². The zero-order valence-electron chi connectivity index (χ0n) is 8.61. The number of nitrogens with zero attached hydrogens (tertiary/aromatic N) is 1. The van der Waals surface area contributed by atoms with Crippen LogP contribution in [-0.2, 0) is 11.2 Å². The van der Waals surface area contributed by atoms with E-state index in [0.717, 1.165) is 16.3 Å². The Morgan fingerprint density at radius 3 is 2.88 bits per heavy atom. The van der Waals surface area contributed by atoms with Crippen LogP contribution in [0.15, 0.2) is 30.6 Å². The topological polar surface area (TPSA) is 56.0 Å². The van der Waals surface area contributed by atoms with E-state index in [1.165, 1.54) is 0 Å². The summed E-state index contributed by atoms with van der Waals surface area (Å²) in [6.45, 7) is 0. The van der Waals surface area contributed by atoms with Crippen LogP contribution in [0.3, 0.4) is 0 Å². The maximum Gasteiger partial charge on any atom is 0.217 e. The van der Waals surface area contributed by atoms with Crippen LogP contribution in [0, 0.1) is 0 Å². The first-order valence-electron chi connectivity index (χ1n) is 4.98. The fourth-order valence-electron chi connectivity index (χ4n) is 1.69. The first-order valence-corrected chi connectivity index (χ1v) is 5.35. The number of aromatic nitrogens is 1. The molecule has 82 valence electrons. The molecule has 0 aliphatic rings. The maximum atomic E-state index is 10.8. The van der Waals surface area contributed by atoms with Crippen LogP contribution in [0.5, 0.6) is 0 Å². The number of hydrogen-bond donors (Lipinski definition) is 1. The van der Waals surface area contributed by atoms with E-state index in [-0.39, 0.29) is 5.91 Å². The molecule has 0 radical (unpaired) electrons. The molecule has 0 spiro atoms. The molecule has 0 atom stereocenters. The SMILES string of the molecule is NC(=O)CCc1ccc(Cl)c2cnccc12. The minimum Gasteiger partial charge on any atom is -0.370 e. The predicted octanol–water partition coefficient (Wildman–Crippen LogP) is 2.31. The van der Waals surface area contributed by atoms with Crippen LogP contribution < -0.4 is 5.73 Å². The Labute approximate surface area is 98.2 Å². The quantitative estimate of drug-likeness (QED) is 0.886. The van der Waals surface area contributed by atoms with Crippen molar-refractivity contribution in [2.45, 2.75) is 12.8 Å². The van der Waals surface area contributed by atoms with Crippen molar-refractivity contribution in [2.24, 2.45) is 5.73 Å². The van der Waals surface area contributed by atoms with E-state index in [0.29, 0.717) is 17.9 Å². The molecule has 0 bridgehead atoms. The summed E-state index contributed by atoms with van der Waals surface area (Å²) in [5, 5.41) is 2.61. The fraction of sp³-hybridized carbons (Fsp3) is 0.167. The summed E-state index contributed by atoms with van der Waals surface area (Å²) < 4.78 is 0. The van der Waals surface area contributed by atoms with E-state index < -0.39 is 0 Å². The molecule has 2 rings (SSSR count). The third-order valence-electron chi connectivity index (χ3n) is 2.50. The smallest absolute Gasteiger partial charge is 0.217 e. The number of rotatable bonds is 3. The van der Waals surface area contributed by atoms with E-state index in [4.69, 9.17) is 17.3 Å². The Bertz CT molecular complexity index is 540. The minimum atomic E-state index is -0.294. The molecule has 0 aliphatic carbocycles. The Balaban J connectivity index is 2.46. The van der Waals surface area contributed by atoms with Crippen molar-refractivity contribution in [1.82, 2.24) is 4.98 Å². The molecule has 2 aromatic rings. The molecule has 0 fully saturated rings. The lowest BCUT2D eigenvalue weighted by Gasteiger charge is -2.06. The van der Waals surface area contributed by atoms with Gasteiger partial charge in [0.2, 0.25) is 5.91 Å². The maximum absolute atomic E-state index is 10.8. The number of nitrogens with two attached hydrogens (primary N) is 1. The van der Waals surface area contributed by atoms with Gasteiger partial charge in [-0.3, -0.25) is 9.78 Å². The molecule has 16 heavy (non-hydrogen) atoms. The lowest BCUT2D eigenvalue weighted by atomic mass is 10.0. The summed E-state index contributed by atoms with van der Waals surface area (Å²) in [5.74, 6) is -0.294. The average molecular weight is 235 g/mol. The van der Waals surface area contributed by atoms with Gasteiger partial charge in [0.1, 0.15) is 0 Å². The standard InChI is InChI=1S/C12H11ClN2O/c13-11-3-1-8(2-4-12(14)16)9-5-6-15-7-10(9)11/h1,3,5-7H,2,4H2,(H2,14,16). The predicted molar refractivity (Wildman–Crippen MR) is 64.3 cm³/mol. The number of fused-ring (bicyclic) bond motifs is 1. The largest absolute Gasteiger partial charge is 0.370 e. The van der Waals surface area contributed by atoms with Gasteiger partial charge < -0.3 is 5.73 Å². The Morgan fingerprint density at radius 2 is 2.12 bits per heavy atom. The number of primary amides is 1. The summed E-state index contributed by atoms with van der Waals surface area (Å²) in [6.07, 6.45) is 4.42. The number of halogens is 1.